The molecule has 2 N–H and O–H groups in total. The van der Waals surface area contributed by atoms with Crippen molar-refractivity contribution in [1.29, 1.82) is 0 Å². The third-order valence-electron chi connectivity index (χ3n) is 4.00. The van der Waals surface area contributed by atoms with Crippen LogP contribution in [0.2, 0.25) is 0 Å². The summed E-state index contributed by atoms with van der Waals surface area (Å²) in [6.07, 6.45) is 1.43. The lowest BCUT2D eigenvalue weighted by atomic mass is 9.94. The SMILES string of the molecule is O=C(O)CC1(NC(=O)c2cn(-c3cccc([N+](=O)[O-])c3)nn2)CCOC1. The fourth-order valence-electron chi connectivity index (χ4n) is 2.73. The monoisotopic (exact) mass is 361 g/mol. The van der Waals surface area contributed by atoms with Gasteiger partial charge in [0.15, 0.2) is 5.69 Å². The average Bonchev–Trinajstić information content (AvgIpc) is 3.24. The molecular formula is C15H15N5O6. The normalized spacial score (nSPS) is 19.2. The Morgan fingerprint density at radius 3 is 2.92 bits per heavy atom. The number of benzene rings is 1. The number of amides is 1. The number of aromatic nitrogens is 3. The van der Waals surface area contributed by atoms with E-state index in [0.717, 1.165) is 0 Å². The summed E-state index contributed by atoms with van der Waals surface area (Å²) in [5.74, 6) is -1.63. The Bertz CT molecular complexity index is 858. The number of hydrogen-bond acceptors (Lipinski definition) is 7. The average molecular weight is 361 g/mol. The van der Waals surface area contributed by atoms with E-state index in [1.807, 2.05) is 0 Å². The number of ether oxygens (including phenoxy) is 1. The second-order valence-electron chi connectivity index (χ2n) is 5.93. The number of aliphatic carboxylic acids is 1. The van der Waals surface area contributed by atoms with Crippen molar-refractivity contribution in [3.8, 4) is 5.69 Å². The van der Waals surface area contributed by atoms with E-state index >= 15 is 0 Å². The molecule has 26 heavy (non-hydrogen) atoms. The summed E-state index contributed by atoms with van der Waals surface area (Å²) in [7, 11) is 0. The largest absolute Gasteiger partial charge is 0.481 e. The number of nitrogens with zero attached hydrogens (tertiary/aromatic N) is 4. The molecule has 1 saturated heterocycles. The van der Waals surface area contributed by atoms with E-state index in [2.05, 4.69) is 15.6 Å². The summed E-state index contributed by atoms with van der Waals surface area (Å²) < 4.78 is 6.46. The summed E-state index contributed by atoms with van der Waals surface area (Å²) in [4.78, 5) is 33.8. The van der Waals surface area contributed by atoms with E-state index in [9.17, 15) is 19.7 Å². The van der Waals surface area contributed by atoms with Crippen molar-refractivity contribution < 1.29 is 24.4 Å². The molecule has 1 amide bonds. The molecule has 0 saturated carbocycles. The summed E-state index contributed by atoms with van der Waals surface area (Å²) in [6.45, 7) is 0.456. The molecule has 1 aliphatic heterocycles. The molecule has 1 aliphatic rings. The van der Waals surface area contributed by atoms with Gasteiger partial charge in [0.05, 0.1) is 35.4 Å². The lowest BCUT2D eigenvalue weighted by Crippen LogP contribution is -2.50. The third-order valence-corrected chi connectivity index (χ3v) is 4.00. The van der Waals surface area contributed by atoms with Gasteiger partial charge in [0, 0.05) is 18.7 Å². The predicted octanol–water partition coefficient (Wildman–Crippen LogP) is 0.539. The van der Waals surface area contributed by atoms with Crippen LogP contribution in [0.25, 0.3) is 5.69 Å². The second kappa shape index (κ2) is 6.88. The molecule has 1 unspecified atom stereocenters. The van der Waals surface area contributed by atoms with Crippen molar-refractivity contribution in [2.45, 2.75) is 18.4 Å². The van der Waals surface area contributed by atoms with Gasteiger partial charge in [0.2, 0.25) is 0 Å². The van der Waals surface area contributed by atoms with Gasteiger partial charge in [-0.3, -0.25) is 19.7 Å². The van der Waals surface area contributed by atoms with E-state index in [1.54, 1.807) is 6.07 Å². The first-order valence-electron chi connectivity index (χ1n) is 7.68. The molecule has 1 aromatic carbocycles. The number of nitro benzene ring substituents is 1. The standard InChI is InChI=1S/C15H15N5O6/c21-13(22)7-15(4-5-26-9-15)16-14(23)12-8-19(18-17-12)10-2-1-3-11(6-10)20(24)25/h1-3,6,8H,4-5,7,9H2,(H,16,23)(H,21,22). The molecule has 1 atom stereocenters. The molecule has 0 aliphatic carbocycles. The molecule has 2 heterocycles. The molecule has 136 valence electrons. The molecule has 1 aromatic heterocycles. The maximum Gasteiger partial charge on any atom is 0.305 e. The molecule has 11 heteroatoms. The number of carboxylic acids is 1. The lowest BCUT2D eigenvalue weighted by Gasteiger charge is -2.26. The highest BCUT2D eigenvalue weighted by molar-refractivity contribution is 5.93. The lowest BCUT2D eigenvalue weighted by molar-refractivity contribution is -0.384. The maximum atomic E-state index is 12.4. The number of carboxylic acid groups (broad SMARTS) is 1. The fraction of sp³-hybridized carbons (Fsp3) is 0.333. The van der Waals surface area contributed by atoms with Crippen LogP contribution in [0, 0.1) is 10.1 Å². The van der Waals surface area contributed by atoms with Crippen molar-refractivity contribution >= 4 is 17.6 Å². The Kier molecular flexibility index (Phi) is 4.63. The zero-order valence-electron chi connectivity index (χ0n) is 13.5. The summed E-state index contributed by atoms with van der Waals surface area (Å²) in [6, 6.07) is 5.71. The fourth-order valence-corrected chi connectivity index (χ4v) is 2.73. The molecule has 11 nitrogen and oxygen atoms in total. The highest BCUT2D eigenvalue weighted by atomic mass is 16.6. The van der Waals surface area contributed by atoms with Gasteiger partial charge >= 0.3 is 5.97 Å². The van der Waals surface area contributed by atoms with Gasteiger partial charge < -0.3 is 15.2 Å². The van der Waals surface area contributed by atoms with Crippen LogP contribution in [-0.4, -0.2) is 55.7 Å². The van der Waals surface area contributed by atoms with Crippen molar-refractivity contribution in [2.75, 3.05) is 13.2 Å². The quantitative estimate of drug-likeness (QED) is 0.559. The van der Waals surface area contributed by atoms with Crippen LogP contribution in [0.15, 0.2) is 30.5 Å². The van der Waals surface area contributed by atoms with Crippen LogP contribution in [0.5, 0.6) is 0 Å². The summed E-state index contributed by atoms with van der Waals surface area (Å²) >= 11 is 0. The Hall–Kier alpha value is -3.34. The minimum absolute atomic E-state index is 0.0341. The van der Waals surface area contributed by atoms with Gasteiger partial charge in [-0.25, -0.2) is 4.68 Å². The molecule has 1 fully saturated rings. The zero-order chi connectivity index (χ0) is 18.7. The van der Waals surface area contributed by atoms with E-state index in [1.165, 1.54) is 29.1 Å². The molecule has 3 rings (SSSR count). The summed E-state index contributed by atoms with van der Waals surface area (Å²) in [5, 5.41) is 30.1. The first-order chi connectivity index (χ1) is 12.4. The topological polar surface area (TPSA) is 149 Å². The molecule has 0 spiro atoms. The first-order valence-corrected chi connectivity index (χ1v) is 7.68. The Morgan fingerprint density at radius 1 is 1.46 bits per heavy atom. The van der Waals surface area contributed by atoms with E-state index in [0.29, 0.717) is 18.7 Å². The van der Waals surface area contributed by atoms with Crippen LogP contribution >= 0.6 is 0 Å². The number of carbonyl (C=O) groups excluding carboxylic acids is 1. The number of hydrogen-bond donors (Lipinski definition) is 2. The van der Waals surface area contributed by atoms with Gasteiger partial charge in [0.25, 0.3) is 11.6 Å². The van der Waals surface area contributed by atoms with Crippen LogP contribution in [0.1, 0.15) is 23.3 Å². The molecule has 2 aromatic rings. The number of nitro groups is 1. The van der Waals surface area contributed by atoms with Gasteiger partial charge in [-0.1, -0.05) is 11.3 Å². The highest BCUT2D eigenvalue weighted by Crippen LogP contribution is 2.23. The van der Waals surface area contributed by atoms with Crippen molar-refractivity contribution in [2.24, 2.45) is 0 Å². The molecule has 0 bridgehead atoms. The van der Waals surface area contributed by atoms with E-state index in [-0.39, 0.29) is 24.4 Å². The summed E-state index contributed by atoms with van der Waals surface area (Å²) in [5.41, 5.74) is -0.769. The smallest absolute Gasteiger partial charge is 0.305 e. The second-order valence-corrected chi connectivity index (χ2v) is 5.93. The van der Waals surface area contributed by atoms with E-state index < -0.39 is 22.3 Å². The van der Waals surface area contributed by atoms with Gasteiger partial charge in [-0.05, 0) is 12.5 Å². The van der Waals surface area contributed by atoms with Crippen LogP contribution in [0.4, 0.5) is 5.69 Å². The van der Waals surface area contributed by atoms with Crippen molar-refractivity contribution in [3.63, 3.8) is 0 Å². The maximum absolute atomic E-state index is 12.4. The zero-order valence-corrected chi connectivity index (χ0v) is 13.5. The number of nitrogens with one attached hydrogen (secondary N) is 1. The minimum Gasteiger partial charge on any atom is -0.481 e. The Balaban J connectivity index is 1.79. The Morgan fingerprint density at radius 2 is 2.27 bits per heavy atom. The first kappa shape index (κ1) is 17.5. The minimum atomic E-state index is -1.05. The third kappa shape index (κ3) is 3.67. The number of carbonyl (C=O) groups is 2. The van der Waals surface area contributed by atoms with Crippen LogP contribution in [0.3, 0.4) is 0 Å². The predicted molar refractivity (Wildman–Crippen MR) is 85.9 cm³/mol. The van der Waals surface area contributed by atoms with Gasteiger partial charge in [-0.2, -0.15) is 0 Å². The molecule has 0 radical (unpaired) electrons. The number of rotatable bonds is 6. The highest BCUT2D eigenvalue weighted by Gasteiger charge is 2.39. The van der Waals surface area contributed by atoms with Crippen molar-refractivity contribution in [3.05, 3.63) is 46.3 Å². The van der Waals surface area contributed by atoms with Gasteiger partial charge in [0.1, 0.15) is 0 Å². The van der Waals surface area contributed by atoms with Crippen molar-refractivity contribution in [1.82, 2.24) is 20.3 Å². The van der Waals surface area contributed by atoms with E-state index in [4.69, 9.17) is 9.84 Å². The number of non-ortho nitro benzene ring substituents is 1. The van der Waals surface area contributed by atoms with Crippen LogP contribution < -0.4 is 5.32 Å². The van der Waals surface area contributed by atoms with Gasteiger partial charge in [-0.15, -0.1) is 5.10 Å². The Labute approximate surface area is 146 Å². The molecular weight excluding hydrogens is 346 g/mol. The van der Waals surface area contributed by atoms with Crippen LogP contribution in [-0.2, 0) is 9.53 Å².